The van der Waals surface area contributed by atoms with Crippen LogP contribution in [-0.2, 0) is 0 Å². The van der Waals surface area contributed by atoms with Gasteiger partial charge >= 0.3 is 0 Å². The van der Waals surface area contributed by atoms with Gasteiger partial charge in [0.25, 0.3) is 0 Å². The average molecular weight is 277 g/mol. The van der Waals surface area contributed by atoms with E-state index in [2.05, 4.69) is 38.9 Å². The SMILES string of the molecule is Cc1ccc2nc(-c3ccc(Br)o3)[nH]c2c1. The highest BCUT2D eigenvalue weighted by molar-refractivity contribution is 9.10. The van der Waals surface area contributed by atoms with E-state index in [0.717, 1.165) is 22.6 Å². The summed E-state index contributed by atoms with van der Waals surface area (Å²) in [6.07, 6.45) is 0. The van der Waals surface area contributed by atoms with Gasteiger partial charge in [0, 0.05) is 0 Å². The van der Waals surface area contributed by atoms with Crippen molar-refractivity contribution in [2.24, 2.45) is 0 Å². The molecule has 0 spiro atoms. The summed E-state index contributed by atoms with van der Waals surface area (Å²) in [5, 5.41) is 0. The van der Waals surface area contributed by atoms with Gasteiger partial charge in [-0.15, -0.1) is 0 Å². The van der Waals surface area contributed by atoms with Crippen LogP contribution in [0.4, 0.5) is 0 Å². The summed E-state index contributed by atoms with van der Waals surface area (Å²) >= 11 is 3.28. The minimum atomic E-state index is 0.708. The number of hydrogen-bond acceptors (Lipinski definition) is 2. The van der Waals surface area contributed by atoms with Crippen molar-refractivity contribution in [1.29, 1.82) is 0 Å². The van der Waals surface area contributed by atoms with E-state index in [1.807, 2.05) is 24.3 Å². The van der Waals surface area contributed by atoms with Crippen LogP contribution in [0.15, 0.2) is 39.4 Å². The zero-order valence-electron chi connectivity index (χ0n) is 8.62. The van der Waals surface area contributed by atoms with Gasteiger partial charge in [0.1, 0.15) is 0 Å². The number of benzene rings is 1. The minimum absolute atomic E-state index is 0.708. The molecule has 0 aliphatic carbocycles. The molecule has 16 heavy (non-hydrogen) atoms. The molecule has 0 radical (unpaired) electrons. The van der Waals surface area contributed by atoms with Crippen molar-refractivity contribution in [3.05, 3.63) is 40.6 Å². The third-order valence-electron chi connectivity index (χ3n) is 2.44. The molecule has 0 aliphatic rings. The molecule has 0 bridgehead atoms. The summed E-state index contributed by atoms with van der Waals surface area (Å²) in [6, 6.07) is 9.86. The first kappa shape index (κ1) is 9.66. The van der Waals surface area contributed by atoms with Gasteiger partial charge in [0.15, 0.2) is 16.3 Å². The van der Waals surface area contributed by atoms with Crippen LogP contribution in [0.3, 0.4) is 0 Å². The van der Waals surface area contributed by atoms with E-state index in [-0.39, 0.29) is 0 Å². The van der Waals surface area contributed by atoms with Gasteiger partial charge < -0.3 is 9.40 Å². The fraction of sp³-hybridized carbons (Fsp3) is 0.0833. The molecule has 3 rings (SSSR count). The third-order valence-corrected chi connectivity index (χ3v) is 2.87. The quantitative estimate of drug-likeness (QED) is 0.733. The van der Waals surface area contributed by atoms with Gasteiger partial charge in [0.2, 0.25) is 0 Å². The van der Waals surface area contributed by atoms with Crippen molar-refractivity contribution >= 4 is 27.0 Å². The Morgan fingerprint density at radius 1 is 1.25 bits per heavy atom. The molecule has 3 aromatic rings. The number of nitrogens with zero attached hydrogens (tertiary/aromatic N) is 1. The van der Waals surface area contributed by atoms with Crippen LogP contribution in [0.5, 0.6) is 0 Å². The zero-order valence-corrected chi connectivity index (χ0v) is 10.2. The van der Waals surface area contributed by atoms with Crippen LogP contribution < -0.4 is 0 Å². The summed E-state index contributed by atoms with van der Waals surface area (Å²) in [7, 11) is 0. The van der Waals surface area contributed by atoms with E-state index in [4.69, 9.17) is 4.42 Å². The predicted octanol–water partition coefficient (Wildman–Crippen LogP) is 3.89. The van der Waals surface area contributed by atoms with E-state index in [1.54, 1.807) is 0 Å². The molecule has 0 saturated carbocycles. The largest absolute Gasteiger partial charge is 0.446 e. The first-order chi connectivity index (χ1) is 7.72. The number of halogens is 1. The number of imidazole rings is 1. The Morgan fingerprint density at radius 2 is 2.12 bits per heavy atom. The van der Waals surface area contributed by atoms with Crippen LogP contribution in [0.25, 0.3) is 22.6 Å². The number of rotatable bonds is 1. The lowest BCUT2D eigenvalue weighted by Gasteiger charge is -1.89. The van der Waals surface area contributed by atoms with Gasteiger partial charge in [-0.25, -0.2) is 4.98 Å². The fourth-order valence-electron chi connectivity index (χ4n) is 1.68. The molecule has 4 heteroatoms. The number of H-pyrrole nitrogens is 1. The standard InChI is InChI=1S/C12H9BrN2O/c1-7-2-3-8-9(6-7)15-12(14-8)10-4-5-11(13)16-10/h2-6H,1H3,(H,14,15). The van der Waals surface area contributed by atoms with Crippen molar-refractivity contribution in [3.8, 4) is 11.6 Å². The Morgan fingerprint density at radius 3 is 2.88 bits per heavy atom. The highest BCUT2D eigenvalue weighted by Crippen LogP contribution is 2.25. The van der Waals surface area contributed by atoms with E-state index in [1.165, 1.54) is 5.56 Å². The Hall–Kier alpha value is -1.55. The van der Waals surface area contributed by atoms with E-state index in [0.29, 0.717) is 4.67 Å². The van der Waals surface area contributed by atoms with Crippen molar-refractivity contribution in [3.63, 3.8) is 0 Å². The smallest absolute Gasteiger partial charge is 0.174 e. The van der Waals surface area contributed by atoms with Crippen LogP contribution in [0, 0.1) is 6.92 Å². The van der Waals surface area contributed by atoms with Crippen LogP contribution in [0.2, 0.25) is 0 Å². The molecular weight excluding hydrogens is 268 g/mol. The van der Waals surface area contributed by atoms with Gasteiger partial charge in [0.05, 0.1) is 11.0 Å². The Bertz CT molecular complexity index is 654. The first-order valence-electron chi connectivity index (χ1n) is 4.94. The lowest BCUT2D eigenvalue weighted by Crippen LogP contribution is -1.74. The summed E-state index contributed by atoms with van der Waals surface area (Å²) in [6.45, 7) is 2.06. The zero-order chi connectivity index (χ0) is 11.1. The molecule has 0 amide bonds. The second-order valence-corrected chi connectivity index (χ2v) is 4.49. The molecule has 0 atom stereocenters. The number of aromatic nitrogens is 2. The molecule has 0 aliphatic heterocycles. The summed E-state index contributed by atoms with van der Waals surface area (Å²) in [5.74, 6) is 1.49. The van der Waals surface area contributed by atoms with Crippen molar-refractivity contribution < 1.29 is 4.42 Å². The lowest BCUT2D eigenvalue weighted by molar-refractivity contribution is 0.552. The van der Waals surface area contributed by atoms with Gasteiger partial charge in [-0.1, -0.05) is 6.07 Å². The van der Waals surface area contributed by atoms with E-state index >= 15 is 0 Å². The number of nitrogens with one attached hydrogen (secondary N) is 1. The summed E-state index contributed by atoms with van der Waals surface area (Å²) in [4.78, 5) is 7.71. The topological polar surface area (TPSA) is 41.8 Å². The lowest BCUT2D eigenvalue weighted by atomic mass is 10.2. The second-order valence-electron chi connectivity index (χ2n) is 3.71. The molecule has 0 fully saturated rings. The fourth-order valence-corrected chi connectivity index (χ4v) is 1.99. The van der Waals surface area contributed by atoms with Crippen LogP contribution in [0.1, 0.15) is 5.56 Å². The molecule has 0 unspecified atom stereocenters. The average Bonchev–Trinajstić information content (AvgIpc) is 2.83. The van der Waals surface area contributed by atoms with Gasteiger partial charge in [-0.2, -0.15) is 0 Å². The number of aromatic amines is 1. The number of aryl methyl sites for hydroxylation is 1. The highest BCUT2D eigenvalue weighted by atomic mass is 79.9. The maximum atomic E-state index is 5.45. The molecule has 3 nitrogen and oxygen atoms in total. The van der Waals surface area contributed by atoms with Crippen LogP contribution in [-0.4, -0.2) is 9.97 Å². The minimum Gasteiger partial charge on any atom is -0.446 e. The van der Waals surface area contributed by atoms with E-state index < -0.39 is 0 Å². The normalized spacial score (nSPS) is 11.1. The molecule has 2 heterocycles. The van der Waals surface area contributed by atoms with Crippen molar-refractivity contribution in [2.75, 3.05) is 0 Å². The first-order valence-corrected chi connectivity index (χ1v) is 5.74. The van der Waals surface area contributed by atoms with Gasteiger partial charge in [-0.3, -0.25) is 0 Å². The van der Waals surface area contributed by atoms with E-state index in [9.17, 15) is 0 Å². The van der Waals surface area contributed by atoms with Crippen molar-refractivity contribution in [2.45, 2.75) is 6.92 Å². The van der Waals surface area contributed by atoms with Crippen LogP contribution >= 0.6 is 15.9 Å². The summed E-state index contributed by atoms with van der Waals surface area (Å²) in [5.41, 5.74) is 3.19. The summed E-state index contributed by atoms with van der Waals surface area (Å²) < 4.78 is 6.16. The van der Waals surface area contributed by atoms with Gasteiger partial charge in [-0.05, 0) is 52.7 Å². The molecule has 1 N–H and O–H groups in total. The molecular formula is C12H9BrN2O. The monoisotopic (exact) mass is 276 g/mol. The highest BCUT2D eigenvalue weighted by Gasteiger charge is 2.08. The maximum Gasteiger partial charge on any atom is 0.174 e. The number of furan rings is 1. The van der Waals surface area contributed by atoms with Crippen molar-refractivity contribution in [1.82, 2.24) is 9.97 Å². The number of hydrogen-bond donors (Lipinski definition) is 1. The molecule has 1 aromatic carbocycles. The molecule has 0 saturated heterocycles. The third kappa shape index (κ3) is 1.55. The predicted molar refractivity (Wildman–Crippen MR) is 66.2 cm³/mol. The molecule has 80 valence electrons. The Kier molecular flexibility index (Phi) is 2.11. The second kappa shape index (κ2) is 3.49. The maximum absolute atomic E-state index is 5.45. The number of fused-ring (bicyclic) bond motifs is 1. The Labute approximate surface area is 101 Å². The Balaban J connectivity index is 2.18. The molecule has 2 aromatic heterocycles.